The van der Waals surface area contributed by atoms with Crippen LogP contribution in [0.15, 0.2) is 29.5 Å². The van der Waals surface area contributed by atoms with Crippen LogP contribution in [0.3, 0.4) is 0 Å². The molecule has 11 nitrogen and oxygen atoms in total. The van der Waals surface area contributed by atoms with Gasteiger partial charge in [-0.1, -0.05) is 6.07 Å². The highest BCUT2D eigenvalue weighted by Crippen LogP contribution is 2.30. The fourth-order valence-electron chi connectivity index (χ4n) is 2.69. The summed E-state index contributed by atoms with van der Waals surface area (Å²) in [6, 6.07) is 3.54. The van der Waals surface area contributed by atoms with Crippen molar-refractivity contribution in [2.45, 2.75) is 13.8 Å². The first-order chi connectivity index (χ1) is 13.1. The molecule has 2 amide bonds. The smallest absolute Gasteiger partial charge is 0.326 e. The Balaban J connectivity index is 2.15. The van der Waals surface area contributed by atoms with Gasteiger partial charge in [0.1, 0.15) is 24.5 Å². The first kappa shape index (κ1) is 20.4. The van der Waals surface area contributed by atoms with Crippen molar-refractivity contribution in [1.82, 2.24) is 4.90 Å². The molecule has 1 aromatic carbocycles. The Bertz CT molecular complexity index is 947. The number of benzene rings is 1. The van der Waals surface area contributed by atoms with E-state index in [2.05, 4.69) is 0 Å². The van der Waals surface area contributed by atoms with Gasteiger partial charge in [0, 0.05) is 11.8 Å². The SMILES string of the molecule is CC(=N)/C(C(C)=O)=C(\O)COC(=O)CN1C(=O)c2cccc([N+](=O)[O-])c2C1=O. The molecule has 0 bridgehead atoms. The van der Waals surface area contributed by atoms with E-state index in [4.69, 9.17) is 10.1 Å². The van der Waals surface area contributed by atoms with Crippen LogP contribution in [-0.2, 0) is 14.3 Å². The number of ketones is 1. The fourth-order valence-corrected chi connectivity index (χ4v) is 2.69. The van der Waals surface area contributed by atoms with Crippen LogP contribution in [-0.4, -0.2) is 57.4 Å². The maximum atomic E-state index is 12.4. The van der Waals surface area contributed by atoms with E-state index in [-0.39, 0.29) is 16.8 Å². The fraction of sp³-hybridized carbons (Fsp3) is 0.235. The van der Waals surface area contributed by atoms with Crippen LogP contribution in [0.25, 0.3) is 0 Å². The lowest BCUT2D eigenvalue weighted by atomic mass is 10.1. The molecular weight excluding hydrogens is 374 g/mol. The summed E-state index contributed by atoms with van der Waals surface area (Å²) in [5, 5.41) is 28.3. The summed E-state index contributed by atoms with van der Waals surface area (Å²) in [5.74, 6) is -4.24. The van der Waals surface area contributed by atoms with E-state index in [0.717, 1.165) is 13.0 Å². The molecule has 0 atom stereocenters. The number of amides is 2. The van der Waals surface area contributed by atoms with Gasteiger partial charge >= 0.3 is 5.97 Å². The molecule has 0 spiro atoms. The molecule has 0 aromatic heterocycles. The molecule has 0 radical (unpaired) electrons. The lowest BCUT2D eigenvalue weighted by Crippen LogP contribution is -2.36. The van der Waals surface area contributed by atoms with Gasteiger partial charge in [0.2, 0.25) is 0 Å². The molecule has 0 aliphatic carbocycles. The van der Waals surface area contributed by atoms with Crippen LogP contribution in [0, 0.1) is 15.5 Å². The second-order valence-electron chi connectivity index (χ2n) is 5.82. The number of fused-ring (bicyclic) bond motifs is 1. The van der Waals surface area contributed by atoms with Crippen molar-refractivity contribution in [3.05, 3.63) is 50.8 Å². The summed E-state index contributed by atoms with van der Waals surface area (Å²) >= 11 is 0. The molecule has 1 aliphatic rings. The lowest BCUT2D eigenvalue weighted by Gasteiger charge is -2.13. The van der Waals surface area contributed by atoms with Crippen molar-refractivity contribution in [2.75, 3.05) is 13.2 Å². The Morgan fingerprint density at radius 2 is 1.89 bits per heavy atom. The highest BCUT2D eigenvalue weighted by atomic mass is 16.6. The number of esters is 1. The molecule has 0 saturated heterocycles. The van der Waals surface area contributed by atoms with E-state index in [1.165, 1.54) is 19.1 Å². The van der Waals surface area contributed by atoms with Crippen molar-refractivity contribution in [1.29, 1.82) is 5.41 Å². The normalized spacial score (nSPS) is 13.7. The predicted octanol–water partition coefficient (Wildman–Crippen LogP) is 1.17. The number of rotatable bonds is 7. The average Bonchev–Trinajstić information content (AvgIpc) is 2.84. The summed E-state index contributed by atoms with van der Waals surface area (Å²) in [5.41, 5.74) is -1.71. The monoisotopic (exact) mass is 389 g/mol. The van der Waals surface area contributed by atoms with Crippen LogP contribution in [0.1, 0.15) is 34.6 Å². The van der Waals surface area contributed by atoms with E-state index < -0.39 is 58.7 Å². The molecular formula is C17H15N3O8. The molecule has 146 valence electrons. The van der Waals surface area contributed by atoms with Crippen LogP contribution in [0.5, 0.6) is 0 Å². The third-order valence-electron chi connectivity index (χ3n) is 3.85. The van der Waals surface area contributed by atoms with Crippen LogP contribution >= 0.6 is 0 Å². The first-order valence-electron chi connectivity index (χ1n) is 7.84. The van der Waals surface area contributed by atoms with Crippen LogP contribution in [0.2, 0.25) is 0 Å². The van der Waals surface area contributed by atoms with Gasteiger partial charge in [-0.2, -0.15) is 0 Å². The van der Waals surface area contributed by atoms with Crippen molar-refractivity contribution >= 4 is 35.0 Å². The van der Waals surface area contributed by atoms with Gasteiger partial charge in [-0.15, -0.1) is 0 Å². The third kappa shape index (κ3) is 3.77. The maximum Gasteiger partial charge on any atom is 0.326 e. The minimum Gasteiger partial charge on any atom is -0.508 e. The number of allylic oxidation sites excluding steroid dienone is 1. The van der Waals surface area contributed by atoms with E-state index >= 15 is 0 Å². The number of aliphatic hydroxyl groups excluding tert-OH is 1. The average molecular weight is 389 g/mol. The first-order valence-corrected chi connectivity index (χ1v) is 7.84. The molecule has 1 heterocycles. The van der Waals surface area contributed by atoms with Gasteiger partial charge < -0.3 is 15.3 Å². The van der Waals surface area contributed by atoms with Crippen LogP contribution in [0.4, 0.5) is 5.69 Å². The Kier molecular flexibility index (Phi) is 5.67. The summed E-state index contributed by atoms with van der Waals surface area (Å²) in [6.45, 7) is 0.806. The number of carbonyl (C=O) groups is 4. The molecule has 2 N–H and O–H groups in total. The van der Waals surface area contributed by atoms with Gasteiger partial charge in [-0.05, 0) is 19.9 Å². The molecule has 0 saturated carbocycles. The minimum atomic E-state index is -1.09. The molecule has 0 fully saturated rings. The zero-order valence-electron chi connectivity index (χ0n) is 14.8. The zero-order chi connectivity index (χ0) is 21.2. The molecule has 0 unspecified atom stereocenters. The highest BCUT2D eigenvalue weighted by Gasteiger charge is 2.41. The van der Waals surface area contributed by atoms with E-state index in [1.807, 2.05) is 0 Å². The van der Waals surface area contributed by atoms with E-state index in [9.17, 15) is 34.4 Å². The van der Waals surface area contributed by atoms with Crippen molar-refractivity contribution < 1.29 is 33.9 Å². The largest absolute Gasteiger partial charge is 0.508 e. The summed E-state index contributed by atoms with van der Waals surface area (Å²) in [7, 11) is 0. The molecule has 28 heavy (non-hydrogen) atoms. The number of hydrogen-bond acceptors (Lipinski definition) is 9. The summed E-state index contributed by atoms with van der Waals surface area (Å²) < 4.78 is 4.74. The zero-order valence-corrected chi connectivity index (χ0v) is 14.8. The highest BCUT2D eigenvalue weighted by molar-refractivity contribution is 6.24. The number of nitro groups is 1. The summed E-state index contributed by atoms with van der Waals surface area (Å²) in [6.07, 6.45) is 0. The number of nitro benzene ring substituents is 1. The van der Waals surface area contributed by atoms with Crippen LogP contribution < -0.4 is 0 Å². The topological polar surface area (TPSA) is 168 Å². The van der Waals surface area contributed by atoms with Gasteiger partial charge in [-0.25, -0.2) is 0 Å². The number of imide groups is 1. The van der Waals surface area contributed by atoms with Crippen molar-refractivity contribution in [2.24, 2.45) is 0 Å². The predicted molar refractivity (Wildman–Crippen MR) is 93.2 cm³/mol. The molecule has 2 rings (SSSR count). The Labute approximate surface area is 157 Å². The minimum absolute atomic E-state index is 0.201. The van der Waals surface area contributed by atoms with Crippen molar-refractivity contribution in [3.63, 3.8) is 0 Å². The Morgan fingerprint density at radius 3 is 2.43 bits per heavy atom. The van der Waals surface area contributed by atoms with Gasteiger partial charge in [0.15, 0.2) is 5.78 Å². The summed E-state index contributed by atoms with van der Waals surface area (Å²) in [4.78, 5) is 58.7. The second kappa shape index (κ2) is 7.78. The Morgan fingerprint density at radius 1 is 1.25 bits per heavy atom. The molecule has 11 heteroatoms. The maximum absolute atomic E-state index is 12.4. The number of nitrogens with one attached hydrogen (secondary N) is 1. The number of nitrogens with zero attached hydrogens (tertiary/aromatic N) is 2. The van der Waals surface area contributed by atoms with Gasteiger partial charge in [0.25, 0.3) is 17.5 Å². The number of Topliss-reactive ketones (excluding diaryl/α,β-unsaturated/α-hetero) is 1. The van der Waals surface area contributed by atoms with E-state index in [1.54, 1.807) is 0 Å². The second-order valence-corrected chi connectivity index (χ2v) is 5.82. The number of carbonyl (C=O) groups excluding carboxylic acids is 4. The van der Waals surface area contributed by atoms with E-state index in [0.29, 0.717) is 4.90 Å². The lowest BCUT2D eigenvalue weighted by molar-refractivity contribution is -0.385. The quantitative estimate of drug-likeness (QED) is 0.133. The Hall–Kier alpha value is -3.89. The standard InChI is InChI=1S/C17H15N3O8/c1-8(18)14(9(2)21)12(22)7-28-13(23)6-19-16(24)10-4-3-5-11(20(26)27)15(10)17(19)25/h3-5,18,22H,6-7H2,1-2H3/b14-12+,18-8?. The molecule has 1 aromatic rings. The third-order valence-corrected chi connectivity index (χ3v) is 3.85. The number of ether oxygens (including phenoxy) is 1. The molecule has 1 aliphatic heterocycles. The number of hydrogen-bond donors (Lipinski definition) is 2. The van der Waals surface area contributed by atoms with Crippen molar-refractivity contribution in [3.8, 4) is 0 Å². The van der Waals surface area contributed by atoms with Gasteiger partial charge in [-0.3, -0.25) is 34.2 Å². The number of aliphatic hydroxyl groups is 1. The van der Waals surface area contributed by atoms with Gasteiger partial charge in [0.05, 0.1) is 16.1 Å².